The van der Waals surface area contributed by atoms with Gasteiger partial charge in [-0.15, -0.1) is 0 Å². The summed E-state index contributed by atoms with van der Waals surface area (Å²) in [6, 6.07) is 0. The van der Waals surface area contributed by atoms with Gasteiger partial charge in [-0.2, -0.15) is 0 Å². The van der Waals surface area contributed by atoms with E-state index in [4.69, 9.17) is 4.74 Å². The summed E-state index contributed by atoms with van der Waals surface area (Å²) in [4.78, 5) is 11.4. The summed E-state index contributed by atoms with van der Waals surface area (Å²) in [7, 11) is 2.16. The van der Waals surface area contributed by atoms with E-state index in [0.29, 0.717) is 5.57 Å². The van der Waals surface area contributed by atoms with Gasteiger partial charge in [-0.25, -0.2) is 4.79 Å². The predicted molar refractivity (Wildman–Crippen MR) is 60.1 cm³/mol. The minimum atomic E-state index is -0.271. The normalized spacial score (nSPS) is 21.8. The van der Waals surface area contributed by atoms with E-state index in [-0.39, 0.29) is 12.2 Å². The van der Waals surface area contributed by atoms with Crippen molar-refractivity contribution in [2.45, 2.75) is 39.3 Å². The molecule has 86 valence electrons. The largest absolute Gasteiger partial charge is 0.409 e. The highest BCUT2D eigenvalue weighted by atomic mass is 16.6. The van der Waals surface area contributed by atoms with E-state index >= 15 is 0 Å². The van der Waals surface area contributed by atoms with Crippen molar-refractivity contribution in [2.75, 3.05) is 20.1 Å². The summed E-state index contributed by atoms with van der Waals surface area (Å²) in [5.41, 5.74) is 0.477. The molecular formula is C12H22NO2+. The average Bonchev–Trinajstić information content (AvgIpc) is 2.18. The molecule has 3 nitrogen and oxygen atoms in total. The van der Waals surface area contributed by atoms with Crippen LogP contribution in [0.4, 0.5) is 0 Å². The molecule has 1 heterocycles. The van der Waals surface area contributed by atoms with E-state index < -0.39 is 0 Å². The number of likely N-dealkylation sites (tertiary alicyclic amines) is 1. The molecule has 1 atom stereocenters. The number of carbonyl (C=O) groups is 1. The van der Waals surface area contributed by atoms with E-state index in [1.165, 1.54) is 19.3 Å². The van der Waals surface area contributed by atoms with Crippen LogP contribution in [0, 0.1) is 0 Å². The van der Waals surface area contributed by atoms with Gasteiger partial charge >= 0.3 is 5.97 Å². The molecule has 1 aliphatic heterocycles. The Bertz CT molecular complexity index is 254. The van der Waals surface area contributed by atoms with Gasteiger partial charge in [-0.3, -0.25) is 4.48 Å². The Labute approximate surface area is 92.3 Å². The lowest BCUT2D eigenvalue weighted by molar-refractivity contribution is -0.954. The quantitative estimate of drug-likeness (QED) is 0.407. The van der Waals surface area contributed by atoms with Crippen LogP contribution in [0.15, 0.2) is 12.2 Å². The molecule has 1 rings (SSSR count). The minimum absolute atomic E-state index is 0.0606. The lowest BCUT2D eigenvalue weighted by Crippen LogP contribution is -2.55. The second-order valence-corrected chi connectivity index (χ2v) is 4.77. The number of hydrogen-bond donors (Lipinski definition) is 0. The van der Waals surface area contributed by atoms with Crippen molar-refractivity contribution >= 4 is 5.97 Å². The monoisotopic (exact) mass is 212 g/mol. The summed E-state index contributed by atoms with van der Waals surface area (Å²) in [6.45, 7) is 9.46. The van der Waals surface area contributed by atoms with Crippen LogP contribution in [-0.2, 0) is 9.53 Å². The predicted octanol–water partition coefficient (Wildman–Crippen LogP) is 2.08. The molecule has 0 amide bonds. The first-order valence-electron chi connectivity index (χ1n) is 5.66. The summed E-state index contributed by atoms with van der Waals surface area (Å²) in [5, 5.41) is 0. The van der Waals surface area contributed by atoms with Crippen molar-refractivity contribution in [2.24, 2.45) is 0 Å². The summed E-state index contributed by atoms with van der Waals surface area (Å²) >= 11 is 0. The second kappa shape index (κ2) is 4.79. The fraction of sp³-hybridized carbons (Fsp3) is 0.750. The Balaban J connectivity index is 2.54. The fourth-order valence-electron chi connectivity index (χ4n) is 1.98. The Morgan fingerprint density at radius 3 is 2.33 bits per heavy atom. The molecule has 1 fully saturated rings. The zero-order valence-corrected chi connectivity index (χ0v) is 10.1. The van der Waals surface area contributed by atoms with E-state index in [0.717, 1.165) is 17.6 Å². The third-order valence-corrected chi connectivity index (χ3v) is 3.34. The zero-order chi connectivity index (χ0) is 11.5. The maximum absolute atomic E-state index is 11.4. The molecule has 0 aromatic carbocycles. The number of esters is 1. The van der Waals surface area contributed by atoms with Crippen LogP contribution in [0.1, 0.15) is 33.1 Å². The Kier molecular flexibility index (Phi) is 3.91. The fourth-order valence-corrected chi connectivity index (χ4v) is 1.98. The van der Waals surface area contributed by atoms with Crippen LogP contribution in [0.3, 0.4) is 0 Å². The van der Waals surface area contributed by atoms with E-state index in [9.17, 15) is 4.79 Å². The molecule has 0 aromatic rings. The van der Waals surface area contributed by atoms with Crippen LogP contribution in [0.5, 0.6) is 0 Å². The lowest BCUT2D eigenvalue weighted by atomic mass is 10.1. The molecule has 3 heteroatoms. The molecule has 1 unspecified atom stereocenters. The highest BCUT2D eigenvalue weighted by molar-refractivity contribution is 5.86. The third kappa shape index (κ3) is 3.06. The maximum Gasteiger partial charge on any atom is 0.337 e. The van der Waals surface area contributed by atoms with Gasteiger partial charge in [0.25, 0.3) is 0 Å². The molecule has 0 aromatic heterocycles. The van der Waals surface area contributed by atoms with Crippen LogP contribution >= 0.6 is 0 Å². The molecule has 1 saturated heterocycles. The molecule has 0 bridgehead atoms. The van der Waals surface area contributed by atoms with Crippen molar-refractivity contribution in [1.29, 1.82) is 0 Å². The van der Waals surface area contributed by atoms with Crippen molar-refractivity contribution < 1.29 is 14.0 Å². The Hall–Kier alpha value is -0.830. The van der Waals surface area contributed by atoms with Crippen LogP contribution in [-0.4, -0.2) is 36.8 Å². The lowest BCUT2D eigenvalue weighted by Gasteiger charge is -2.41. The number of ether oxygens (including phenoxy) is 1. The van der Waals surface area contributed by atoms with Gasteiger partial charge < -0.3 is 4.74 Å². The molecule has 0 N–H and O–H groups in total. The molecule has 0 saturated carbocycles. The molecule has 0 aliphatic carbocycles. The molecule has 15 heavy (non-hydrogen) atoms. The third-order valence-electron chi connectivity index (χ3n) is 3.34. The van der Waals surface area contributed by atoms with Gasteiger partial charge in [0.05, 0.1) is 20.1 Å². The molecule has 0 radical (unpaired) electrons. The number of carbonyl (C=O) groups excluding carboxylic acids is 1. The summed E-state index contributed by atoms with van der Waals surface area (Å²) < 4.78 is 6.23. The van der Waals surface area contributed by atoms with E-state index in [1.54, 1.807) is 6.92 Å². The standard InChI is InChI=1S/C12H22NO2/c1-10(2)12(14)15-11(3)13(4)8-6-5-7-9-13/h11H,1,5-9H2,2-4H3/q+1. The number of hydrogen-bond acceptors (Lipinski definition) is 2. The minimum Gasteiger partial charge on any atom is -0.409 e. The van der Waals surface area contributed by atoms with Gasteiger partial charge in [0.1, 0.15) is 0 Å². The van der Waals surface area contributed by atoms with Gasteiger partial charge in [0.15, 0.2) is 0 Å². The van der Waals surface area contributed by atoms with E-state index in [1.807, 2.05) is 6.92 Å². The Morgan fingerprint density at radius 2 is 1.87 bits per heavy atom. The van der Waals surface area contributed by atoms with Gasteiger partial charge in [0.2, 0.25) is 6.23 Å². The first-order chi connectivity index (χ1) is 6.96. The van der Waals surface area contributed by atoms with Gasteiger partial charge in [-0.05, 0) is 26.2 Å². The smallest absolute Gasteiger partial charge is 0.337 e. The number of rotatable bonds is 3. The van der Waals surface area contributed by atoms with Gasteiger partial charge in [-0.1, -0.05) is 6.58 Å². The van der Waals surface area contributed by atoms with Crippen molar-refractivity contribution in [1.82, 2.24) is 0 Å². The second-order valence-electron chi connectivity index (χ2n) is 4.77. The maximum atomic E-state index is 11.4. The highest BCUT2D eigenvalue weighted by Gasteiger charge is 2.33. The summed E-state index contributed by atoms with van der Waals surface area (Å²) in [5.74, 6) is -0.271. The van der Waals surface area contributed by atoms with Crippen LogP contribution in [0.2, 0.25) is 0 Å². The van der Waals surface area contributed by atoms with Crippen molar-refractivity contribution in [3.63, 3.8) is 0 Å². The average molecular weight is 212 g/mol. The molecule has 0 spiro atoms. The number of nitrogens with zero attached hydrogens (tertiary/aromatic N) is 1. The first kappa shape index (κ1) is 12.2. The van der Waals surface area contributed by atoms with Crippen molar-refractivity contribution in [3.8, 4) is 0 Å². The Morgan fingerprint density at radius 1 is 1.33 bits per heavy atom. The number of quaternary nitrogens is 1. The number of piperidine rings is 1. The summed E-state index contributed by atoms with van der Waals surface area (Å²) in [6.07, 6.45) is 3.70. The van der Waals surface area contributed by atoms with E-state index in [2.05, 4.69) is 13.6 Å². The van der Waals surface area contributed by atoms with Crippen LogP contribution in [0.25, 0.3) is 0 Å². The highest BCUT2D eigenvalue weighted by Crippen LogP contribution is 2.21. The topological polar surface area (TPSA) is 26.3 Å². The SMILES string of the molecule is C=C(C)C(=O)OC(C)[N+]1(C)CCCCC1. The first-order valence-corrected chi connectivity index (χ1v) is 5.66. The molecule has 1 aliphatic rings. The van der Waals surface area contributed by atoms with Crippen LogP contribution < -0.4 is 0 Å². The van der Waals surface area contributed by atoms with Crippen molar-refractivity contribution in [3.05, 3.63) is 12.2 Å². The molecular weight excluding hydrogens is 190 g/mol. The van der Waals surface area contributed by atoms with Gasteiger partial charge in [0, 0.05) is 12.5 Å². The zero-order valence-electron chi connectivity index (χ0n) is 10.1.